The van der Waals surface area contributed by atoms with Crippen LogP contribution in [0, 0.1) is 18.3 Å². The Kier molecular flexibility index (Phi) is 3.89. The Morgan fingerprint density at radius 1 is 1.44 bits per heavy atom. The van der Waals surface area contributed by atoms with Crippen molar-refractivity contribution in [3.8, 4) is 6.07 Å². The molecule has 0 fully saturated rings. The van der Waals surface area contributed by atoms with Gasteiger partial charge in [0.05, 0.1) is 5.56 Å². The first-order valence-corrected chi connectivity index (χ1v) is 5.70. The minimum atomic E-state index is 0.00634. The second-order valence-electron chi connectivity index (χ2n) is 4.36. The van der Waals surface area contributed by atoms with E-state index in [-0.39, 0.29) is 5.54 Å². The van der Waals surface area contributed by atoms with Crippen LogP contribution in [0.5, 0.6) is 0 Å². The molecule has 86 valence electrons. The van der Waals surface area contributed by atoms with Gasteiger partial charge in [-0.1, -0.05) is 13.8 Å². The number of aryl methyl sites for hydroxylation is 1. The number of hydrogen-bond donors (Lipinski definition) is 1. The molecule has 1 aromatic rings. The molecular weight excluding hydrogens is 198 g/mol. The molecule has 0 aromatic carbocycles. The van der Waals surface area contributed by atoms with E-state index in [9.17, 15) is 0 Å². The second kappa shape index (κ2) is 4.98. The van der Waals surface area contributed by atoms with Crippen molar-refractivity contribution in [2.45, 2.75) is 46.1 Å². The number of nitrogens with zero attached hydrogens (tertiary/aromatic N) is 2. The van der Waals surface area contributed by atoms with Gasteiger partial charge in [-0.15, -0.1) is 0 Å². The molecule has 0 saturated carbocycles. The van der Waals surface area contributed by atoms with Crippen molar-refractivity contribution in [1.29, 1.82) is 5.26 Å². The predicted molar refractivity (Wildman–Crippen MR) is 66.3 cm³/mol. The van der Waals surface area contributed by atoms with Crippen molar-refractivity contribution in [2.75, 3.05) is 5.32 Å². The van der Waals surface area contributed by atoms with Crippen LogP contribution in [-0.4, -0.2) is 10.5 Å². The highest BCUT2D eigenvalue weighted by Gasteiger charge is 2.21. The fraction of sp³-hybridized carbons (Fsp3) is 0.538. The first-order chi connectivity index (χ1) is 7.56. The highest BCUT2D eigenvalue weighted by Crippen LogP contribution is 2.23. The number of nitriles is 1. The van der Waals surface area contributed by atoms with Crippen LogP contribution in [0.4, 0.5) is 5.82 Å². The normalized spacial score (nSPS) is 10.9. The zero-order valence-electron chi connectivity index (χ0n) is 10.5. The molecule has 0 spiro atoms. The molecule has 3 nitrogen and oxygen atoms in total. The molecule has 1 aromatic heterocycles. The SMILES string of the molecule is CCC(C)(CC)Nc1nccc(C)c1C#N. The maximum atomic E-state index is 9.11. The van der Waals surface area contributed by atoms with Crippen LogP contribution < -0.4 is 5.32 Å². The summed E-state index contributed by atoms with van der Waals surface area (Å²) in [6.07, 6.45) is 3.75. The average molecular weight is 217 g/mol. The third-order valence-corrected chi connectivity index (χ3v) is 3.25. The van der Waals surface area contributed by atoms with Crippen molar-refractivity contribution in [3.05, 3.63) is 23.4 Å². The molecule has 3 heteroatoms. The molecule has 0 amide bonds. The number of aromatic nitrogens is 1. The maximum Gasteiger partial charge on any atom is 0.144 e. The van der Waals surface area contributed by atoms with Crippen molar-refractivity contribution in [3.63, 3.8) is 0 Å². The lowest BCUT2D eigenvalue weighted by Crippen LogP contribution is -2.33. The standard InChI is InChI=1S/C13H19N3/c1-5-13(4,6-2)16-12-11(9-14)10(3)7-8-15-12/h7-8H,5-6H2,1-4H3,(H,15,16). The van der Waals surface area contributed by atoms with Crippen molar-refractivity contribution >= 4 is 5.82 Å². The zero-order chi connectivity index (χ0) is 12.2. The van der Waals surface area contributed by atoms with E-state index in [1.165, 1.54) is 0 Å². The Balaban J connectivity index is 3.07. The molecule has 16 heavy (non-hydrogen) atoms. The summed E-state index contributed by atoms with van der Waals surface area (Å²) in [6.45, 7) is 8.36. The fourth-order valence-electron chi connectivity index (χ4n) is 1.51. The van der Waals surface area contributed by atoms with E-state index in [4.69, 9.17) is 5.26 Å². The Morgan fingerprint density at radius 3 is 2.56 bits per heavy atom. The van der Waals surface area contributed by atoms with Gasteiger partial charge in [0.15, 0.2) is 0 Å². The van der Waals surface area contributed by atoms with Crippen LogP contribution in [0.3, 0.4) is 0 Å². The first kappa shape index (κ1) is 12.5. The predicted octanol–water partition coefficient (Wildman–Crippen LogP) is 3.25. The third-order valence-electron chi connectivity index (χ3n) is 3.25. The Bertz CT molecular complexity index is 400. The molecule has 0 unspecified atom stereocenters. The maximum absolute atomic E-state index is 9.11. The van der Waals surface area contributed by atoms with Gasteiger partial charge in [-0.3, -0.25) is 0 Å². The second-order valence-corrected chi connectivity index (χ2v) is 4.36. The molecule has 1 rings (SSSR count). The molecular formula is C13H19N3. The summed E-state index contributed by atoms with van der Waals surface area (Å²) in [5.74, 6) is 0.703. The summed E-state index contributed by atoms with van der Waals surface area (Å²) < 4.78 is 0. The number of pyridine rings is 1. The lowest BCUT2D eigenvalue weighted by Gasteiger charge is -2.29. The summed E-state index contributed by atoms with van der Waals surface area (Å²) >= 11 is 0. The minimum absolute atomic E-state index is 0.00634. The molecule has 1 heterocycles. The summed E-state index contributed by atoms with van der Waals surface area (Å²) in [4.78, 5) is 4.26. The smallest absolute Gasteiger partial charge is 0.144 e. The van der Waals surface area contributed by atoms with E-state index in [2.05, 4.69) is 37.1 Å². The van der Waals surface area contributed by atoms with Gasteiger partial charge in [0.1, 0.15) is 11.9 Å². The Labute approximate surface area is 97.5 Å². The van der Waals surface area contributed by atoms with Crippen molar-refractivity contribution in [2.24, 2.45) is 0 Å². The lowest BCUT2D eigenvalue weighted by atomic mass is 9.95. The lowest BCUT2D eigenvalue weighted by molar-refractivity contribution is 0.476. The average Bonchev–Trinajstić information content (AvgIpc) is 2.29. The van der Waals surface area contributed by atoms with Gasteiger partial charge in [0, 0.05) is 11.7 Å². The van der Waals surface area contributed by atoms with Crippen LogP contribution in [0.15, 0.2) is 12.3 Å². The van der Waals surface area contributed by atoms with Crippen LogP contribution in [0.25, 0.3) is 0 Å². The van der Waals surface area contributed by atoms with Gasteiger partial charge in [-0.05, 0) is 38.3 Å². The largest absolute Gasteiger partial charge is 0.364 e. The molecule has 0 radical (unpaired) electrons. The van der Waals surface area contributed by atoms with Crippen LogP contribution >= 0.6 is 0 Å². The summed E-state index contributed by atoms with van der Waals surface area (Å²) in [6, 6.07) is 4.07. The van der Waals surface area contributed by atoms with Crippen molar-refractivity contribution in [1.82, 2.24) is 4.98 Å². The van der Waals surface area contributed by atoms with Crippen molar-refractivity contribution < 1.29 is 0 Å². The molecule has 1 N–H and O–H groups in total. The Morgan fingerprint density at radius 2 is 2.06 bits per heavy atom. The van der Waals surface area contributed by atoms with Crippen LogP contribution in [0.1, 0.15) is 44.7 Å². The number of anilines is 1. The molecule has 0 aliphatic carbocycles. The zero-order valence-corrected chi connectivity index (χ0v) is 10.5. The topological polar surface area (TPSA) is 48.7 Å². The van der Waals surface area contributed by atoms with Crippen LogP contribution in [0.2, 0.25) is 0 Å². The highest BCUT2D eigenvalue weighted by atomic mass is 15.0. The first-order valence-electron chi connectivity index (χ1n) is 5.70. The van der Waals surface area contributed by atoms with Gasteiger partial charge in [-0.2, -0.15) is 5.26 Å². The monoisotopic (exact) mass is 217 g/mol. The molecule has 0 atom stereocenters. The van der Waals surface area contributed by atoms with E-state index < -0.39 is 0 Å². The quantitative estimate of drug-likeness (QED) is 0.842. The number of hydrogen-bond acceptors (Lipinski definition) is 3. The Hall–Kier alpha value is -1.56. The van der Waals surface area contributed by atoms with E-state index in [0.29, 0.717) is 11.4 Å². The fourth-order valence-corrected chi connectivity index (χ4v) is 1.51. The molecule has 0 aliphatic heterocycles. The molecule has 0 bridgehead atoms. The minimum Gasteiger partial charge on any atom is -0.364 e. The van der Waals surface area contributed by atoms with Gasteiger partial charge in [0.2, 0.25) is 0 Å². The van der Waals surface area contributed by atoms with Gasteiger partial charge >= 0.3 is 0 Å². The molecule has 0 saturated heterocycles. The van der Waals surface area contributed by atoms with Crippen LogP contribution in [-0.2, 0) is 0 Å². The highest BCUT2D eigenvalue weighted by molar-refractivity contribution is 5.56. The van der Waals surface area contributed by atoms with Gasteiger partial charge in [-0.25, -0.2) is 4.98 Å². The van der Waals surface area contributed by atoms with Gasteiger partial charge in [0.25, 0.3) is 0 Å². The van der Waals surface area contributed by atoms with E-state index in [0.717, 1.165) is 18.4 Å². The van der Waals surface area contributed by atoms with Gasteiger partial charge < -0.3 is 5.32 Å². The summed E-state index contributed by atoms with van der Waals surface area (Å²) in [7, 11) is 0. The summed E-state index contributed by atoms with van der Waals surface area (Å²) in [5, 5.41) is 12.5. The van der Waals surface area contributed by atoms with E-state index >= 15 is 0 Å². The number of nitrogens with one attached hydrogen (secondary N) is 1. The summed E-state index contributed by atoms with van der Waals surface area (Å²) in [5.41, 5.74) is 1.62. The van der Waals surface area contributed by atoms with E-state index in [1.807, 2.05) is 13.0 Å². The van der Waals surface area contributed by atoms with E-state index in [1.54, 1.807) is 6.20 Å². The molecule has 0 aliphatic rings. The third kappa shape index (κ3) is 2.52. The number of rotatable bonds is 4.